The van der Waals surface area contributed by atoms with E-state index in [1.54, 1.807) is 0 Å². The summed E-state index contributed by atoms with van der Waals surface area (Å²) in [5, 5.41) is 3.30. The van der Waals surface area contributed by atoms with Crippen LogP contribution in [-0.4, -0.2) is 13.1 Å². The summed E-state index contributed by atoms with van der Waals surface area (Å²) in [6.45, 7) is 9.04. The first-order valence-corrected chi connectivity index (χ1v) is 5.26. The SMILES string of the molecule is CC/C(C)=C\C=C(/C)CC1CNC1. The number of allylic oxidation sites excluding steroid dienone is 4. The van der Waals surface area contributed by atoms with Gasteiger partial charge >= 0.3 is 0 Å². The predicted molar refractivity (Wildman–Crippen MR) is 58.8 cm³/mol. The molecule has 0 saturated carbocycles. The molecule has 1 fully saturated rings. The second-order valence-corrected chi connectivity index (χ2v) is 4.11. The number of hydrogen-bond donors (Lipinski definition) is 1. The largest absolute Gasteiger partial charge is 0.316 e. The first kappa shape index (κ1) is 10.5. The van der Waals surface area contributed by atoms with E-state index in [1.165, 1.54) is 30.7 Å². The first-order valence-electron chi connectivity index (χ1n) is 5.26. The Morgan fingerprint density at radius 3 is 2.31 bits per heavy atom. The highest BCUT2D eigenvalue weighted by molar-refractivity contribution is 5.15. The molecule has 0 atom stereocenters. The molecule has 1 rings (SSSR count). The monoisotopic (exact) mass is 179 g/mol. The number of rotatable bonds is 4. The van der Waals surface area contributed by atoms with E-state index in [2.05, 4.69) is 38.2 Å². The highest BCUT2D eigenvalue weighted by Gasteiger charge is 2.15. The molecule has 0 bridgehead atoms. The number of nitrogens with one attached hydrogen (secondary N) is 1. The van der Waals surface area contributed by atoms with Gasteiger partial charge in [0.05, 0.1) is 0 Å². The summed E-state index contributed by atoms with van der Waals surface area (Å²) in [5.74, 6) is 0.895. The lowest BCUT2D eigenvalue weighted by Gasteiger charge is -2.27. The van der Waals surface area contributed by atoms with Crippen molar-refractivity contribution in [3.8, 4) is 0 Å². The Morgan fingerprint density at radius 2 is 1.85 bits per heavy atom. The van der Waals surface area contributed by atoms with Crippen LogP contribution in [0.5, 0.6) is 0 Å². The van der Waals surface area contributed by atoms with Crippen LogP contribution in [0, 0.1) is 5.92 Å². The lowest BCUT2D eigenvalue weighted by molar-refractivity contribution is 0.346. The van der Waals surface area contributed by atoms with Gasteiger partial charge in [-0.3, -0.25) is 0 Å². The van der Waals surface area contributed by atoms with E-state index in [0.29, 0.717) is 0 Å². The second kappa shape index (κ2) is 5.23. The molecule has 0 amide bonds. The normalized spacial score (nSPS) is 20.2. The van der Waals surface area contributed by atoms with Crippen LogP contribution in [-0.2, 0) is 0 Å². The smallest absolute Gasteiger partial charge is 0.000518 e. The molecule has 0 aromatic carbocycles. The van der Waals surface area contributed by atoms with Crippen molar-refractivity contribution in [3.63, 3.8) is 0 Å². The van der Waals surface area contributed by atoms with E-state index >= 15 is 0 Å². The summed E-state index contributed by atoms with van der Waals surface area (Å²) in [6.07, 6.45) is 6.95. The molecule has 1 aliphatic rings. The van der Waals surface area contributed by atoms with Crippen molar-refractivity contribution >= 4 is 0 Å². The highest BCUT2D eigenvalue weighted by Crippen LogP contribution is 2.15. The van der Waals surface area contributed by atoms with Crippen molar-refractivity contribution in [2.24, 2.45) is 5.92 Å². The van der Waals surface area contributed by atoms with Crippen molar-refractivity contribution in [1.29, 1.82) is 0 Å². The number of hydrogen-bond acceptors (Lipinski definition) is 1. The molecule has 0 spiro atoms. The van der Waals surface area contributed by atoms with E-state index in [-0.39, 0.29) is 0 Å². The minimum absolute atomic E-state index is 0.895. The molecule has 1 heteroatoms. The quantitative estimate of drug-likeness (QED) is 0.654. The third-order valence-corrected chi connectivity index (χ3v) is 2.69. The fourth-order valence-electron chi connectivity index (χ4n) is 1.42. The van der Waals surface area contributed by atoms with Gasteiger partial charge < -0.3 is 5.32 Å². The Kier molecular flexibility index (Phi) is 4.23. The van der Waals surface area contributed by atoms with Gasteiger partial charge in [0, 0.05) is 0 Å². The Bertz CT molecular complexity index is 209. The summed E-state index contributed by atoms with van der Waals surface area (Å²) in [5.41, 5.74) is 2.98. The van der Waals surface area contributed by atoms with Gasteiger partial charge in [-0.15, -0.1) is 0 Å². The van der Waals surface area contributed by atoms with Crippen LogP contribution >= 0.6 is 0 Å². The Hall–Kier alpha value is -0.560. The fraction of sp³-hybridized carbons (Fsp3) is 0.667. The van der Waals surface area contributed by atoms with Crippen LogP contribution in [0.3, 0.4) is 0 Å². The molecule has 1 aliphatic heterocycles. The van der Waals surface area contributed by atoms with Gasteiger partial charge in [0.25, 0.3) is 0 Å². The summed E-state index contributed by atoms with van der Waals surface area (Å²) < 4.78 is 0. The maximum atomic E-state index is 3.30. The maximum Gasteiger partial charge on any atom is -0.000518 e. The molecule has 0 unspecified atom stereocenters. The molecule has 74 valence electrons. The molecule has 0 aromatic heterocycles. The van der Waals surface area contributed by atoms with E-state index in [1.807, 2.05) is 0 Å². The summed E-state index contributed by atoms with van der Waals surface area (Å²) >= 11 is 0. The topological polar surface area (TPSA) is 12.0 Å². The predicted octanol–water partition coefficient (Wildman–Crippen LogP) is 2.90. The standard InChI is InChI=1S/C12H21N/c1-4-10(2)5-6-11(3)7-12-8-13-9-12/h5-6,12-13H,4,7-9H2,1-3H3/b10-5-,11-6+. The van der Waals surface area contributed by atoms with Crippen molar-refractivity contribution in [2.75, 3.05) is 13.1 Å². The van der Waals surface area contributed by atoms with Crippen molar-refractivity contribution in [2.45, 2.75) is 33.6 Å². The average molecular weight is 179 g/mol. The fourth-order valence-corrected chi connectivity index (χ4v) is 1.42. The van der Waals surface area contributed by atoms with Crippen LogP contribution in [0.2, 0.25) is 0 Å². The molecule has 0 radical (unpaired) electrons. The molecular formula is C12H21N. The zero-order valence-corrected chi connectivity index (χ0v) is 9.06. The lowest BCUT2D eigenvalue weighted by Crippen LogP contribution is -2.41. The third-order valence-electron chi connectivity index (χ3n) is 2.69. The van der Waals surface area contributed by atoms with E-state index < -0.39 is 0 Å². The molecule has 13 heavy (non-hydrogen) atoms. The molecule has 1 heterocycles. The zero-order valence-electron chi connectivity index (χ0n) is 9.06. The third kappa shape index (κ3) is 3.77. The minimum atomic E-state index is 0.895. The van der Waals surface area contributed by atoms with Gasteiger partial charge in [0.1, 0.15) is 0 Å². The molecule has 1 N–H and O–H groups in total. The van der Waals surface area contributed by atoms with Gasteiger partial charge in [0.2, 0.25) is 0 Å². The van der Waals surface area contributed by atoms with E-state index in [4.69, 9.17) is 0 Å². The van der Waals surface area contributed by atoms with Crippen LogP contribution in [0.1, 0.15) is 33.6 Å². The molecule has 1 nitrogen and oxygen atoms in total. The van der Waals surface area contributed by atoms with E-state index in [0.717, 1.165) is 12.3 Å². The zero-order chi connectivity index (χ0) is 9.68. The van der Waals surface area contributed by atoms with Crippen LogP contribution < -0.4 is 5.32 Å². The molecule has 0 aromatic rings. The van der Waals surface area contributed by atoms with Gasteiger partial charge in [-0.1, -0.05) is 30.2 Å². The van der Waals surface area contributed by atoms with Crippen molar-refractivity contribution in [1.82, 2.24) is 5.32 Å². The lowest BCUT2D eigenvalue weighted by atomic mass is 9.95. The molecule has 1 saturated heterocycles. The average Bonchev–Trinajstić information content (AvgIpc) is 2.07. The minimum Gasteiger partial charge on any atom is -0.316 e. The van der Waals surface area contributed by atoms with Gasteiger partial charge in [0.15, 0.2) is 0 Å². The van der Waals surface area contributed by atoms with Crippen LogP contribution in [0.25, 0.3) is 0 Å². The summed E-state index contributed by atoms with van der Waals surface area (Å²) in [6, 6.07) is 0. The summed E-state index contributed by atoms with van der Waals surface area (Å²) in [7, 11) is 0. The van der Waals surface area contributed by atoms with Crippen LogP contribution in [0.15, 0.2) is 23.3 Å². The van der Waals surface area contributed by atoms with Gasteiger partial charge in [-0.05, 0) is 45.7 Å². The Balaban J connectivity index is 2.32. The maximum absolute atomic E-state index is 3.30. The molecule has 0 aliphatic carbocycles. The van der Waals surface area contributed by atoms with E-state index in [9.17, 15) is 0 Å². The van der Waals surface area contributed by atoms with Gasteiger partial charge in [-0.2, -0.15) is 0 Å². The van der Waals surface area contributed by atoms with Crippen LogP contribution in [0.4, 0.5) is 0 Å². The Morgan fingerprint density at radius 1 is 1.23 bits per heavy atom. The molecular weight excluding hydrogens is 158 g/mol. The second-order valence-electron chi connectivity index (χ2n) is 4.11. The Labute approximate surface area is 81.9 Å². The first-order chi connectivity index (χ1) is 6.22. The highest BCUT2D eigenvalue weighted by atomic mass is 14.9. The summed E-state index contributed by atoms with van der Waals surface area (Å²) in [4.78, 5) is 0. The van der Waals surface area contributed by atoms with Crippen molar-refractivity contribution < 1.29 is 0 Å². The van der Waals surface area contributed by atoms with Crippen molar-refractivity contribution in [3.05, 3.63) is 23.3 Å². The van der Waals surface area contributed by atoms with Gasteiger partial charge in [-0.25, -0.2) is 0 Å².